The third kappa shape index (κ3) is 3.26. The molecule has 3 N–H and O–H groups in total. The molecule has 94 valence electrons. The van der Waals surface area contributed by atoms with Crippen molar-refractivity contribution in [2.75, 3.05) is 0 Å². The predicted octanol–water partition coefficient (Wildman–Crippen LogP) is 2.64. The highest BCUT2D eigenvalue weighted by Crippen LogP contribution is 2.24. The zero-order chi connectivity index (χ0) is 13.0. The highest BCUT2D eigenvalue weighted by Gasteiger charge is 2.14. The Kier molecular flexibility index (Phi) is 4.66. The van der Waals surface area contributed by atoms with E-state index in [-0.39, 0.29) is 6.04 Å². The lowest BCUT2D eigenvalue weighted by atomic mass is 10.0. The molecule has 0 aliphatic carbocycles. The van der Waals surface area contributed by atoms with Crippen LogP contribution in [-0.2, 0) is 6.42 Å². The molecule has 2 heterocycles. The van der Waals surface area contributed by atoms with Gasteiger partial charge in [0.1, 0.15) is 0 Å². The number of hydrogen-bond acceptors (Lipinski definition) is 4. The molecule has 0 aliphatic heterocycles. The van der Waals surface area contributed by atoms with Crippen LogP contribution in [0, 0.1) is 0 Å². The fraction of sp³-hybridized carbons (Fsp3) is 0.167. The average Bonchev–Trinajstić information content (AvgIpc) is 2.37. The molecule has 18 heavy (non-hydrogen) atoms. The van der Waals surface area contributed by atoms with Crippen molar-refractivity contribution in [3.63, 3.8) is 0 Å². The largest absolute Gasteiger partial charge is 0.271 e. The summed E-state index contributed by atoms with van der Waals surface area (Å²) in [7, 11) is 0. The van der Waals surface area contributed by atoms with Crippen molar-refractivity contribution in [2.45, 2.75) is 12.5 Å². The molecular weight excluding hydrogens is 316 g/mol. The maximum atomic E-state index is 6.11. The number of rotatable bonds is 4. The molecular formula is C12H12BrClN4. The second-order valence-electron chi connectivity index (χ2n) is 3.83. The molecule has 0 aromatic carbocycles. The molecule has 0 aliphatic rings. The predicted molar refractivity (Wildman–Crippen MR) is 75.0 cm³/mol. The van der Waals surface area contributed by atoms with Crippen LogP contribution in [0.2, 0.25) is 5.02 Å². The van der Waals surface area contributed by atoms with E-state index < -0.39 is 0 Å². The van der Waals surface area contributed by atoms with Gasteiger partial charge in [-0.25, -0.2) is 0 Å². The van der Waals surface area contributed by atoms with E-state index in [1.807, 2.05) is 18.3 Å². The molecule has 1 unspecified atom stereocenters. The normalized spacial score (nSPS) is 12.4. The zero-order valence-corrected chi connectivity index (χ0v) is 11.8. The Balaban J connectivity index is 2.23. The van der Waals surface area contributed by atoms with Crippen LogP contribution in [0.15, 0.2) is 41.4 Å². The Morgan fingerprint density at radius 3 is 2.83 bits per heavy atom. The summed E-state index contributed by atoms with van der Waals surface area (Å²) in [4.78, 5) is 8.09. The number of nitrogens with two attached hydrogens (primary N) is 1. The van der Waals surface area contributed by atoms with Crippen LogP contribution in [-0.4, -0.2) is 9.97 Å². The number of hydrazine groups is 1. The maximum Gasteiger partial charge on any atom is 0.0637 e. The molecule has 1 atom stereocenters. The first-order chi connectivity index (χ1) is 8.70. The first kappa shape index (κ1) is 13.4. The quantitative estimate of drug-likeness (QED) is 0.669. The van der Waals surface area contributed by atoms with E-state index in [1.54, 1.807) is 18.6 Å². The van der Waals surface area contributed by atoms with E-state index in [0.717, 1.165) is 15.6 Å². The number of hydrogen-bond donors (Lipinski definition) is 2. The first-order valence-electron chi connectivity index (χ1n) is 5.35. The summed E-state index contributed by atoms with van der Waals surface area (Å²) in [5.74, 6) is 5.60. The summed E-state index contributed by atoms with van der Waals surface area (Å²) in [6, 6.07) is 3.79. The van der Waals surface area contributed by atoms with Crippen molar-refractivity contribution in [1.29, 1.82) is 0 Å². The van der Waals surface area contributed by atoms with Crippen LogP contribution in [0.5, 0.6) is 0 Å². The number of nitrogens with one attached hydrogen (secondary N) is 1. The van der Waals surface area contributed by atoms with Crippen molar-refractivity contribution < 1.29 is 0 Å². The average molecular weight is 328 g/mol. The van der Waals surface area contributed by atoms with Gasteiger partial charge in [-0.2, -0.15) is 0 Å². The summed E-state index contributed by atoms with van der Waals surface area (Å²) in [5.41, 5.74) is 4.77. The van der Waals surface area contributed by atoms with Crippen LogP contribution in [0.3, 0.4) is 0 Å². The van der Waals surface area contributed by atoms with Crippen LogP contribution in [0.4, 0.5) is 0 Å². The number of halogens is 2. The standard InChI is InChI=1S/C12H12BrClN4/c13-9-3-8(5-17-6-9)4-12(18-15)10-1-2-16-7-11(10)14/h1-3,5-7,12,18H,4,15H2. The molecule has 2 aromatic heterocycles. The maximum absolute atomic E-state index is 6.11. The van der Waals surface area contributed by atoms with E-state index in [0.29, 0.717) is 11.4 Å². The number of aromatic nitrogens is 2. The van der Waals surface area contributed by atoms with Gasteiger partial charge < -0.3 is 0 Å². The molecule has 6 heteroatoms. The highest BCUT2D eigenvalue weighted by atomic mass is 79.9. The summed E-state index contributed by atoms with van der Waals surface area (Å²) in [5, 5.41) is 0.600. The van der Waals surface area contributed by atoms with Gasteiger partial charge in [-0.3, -0.25) is 21.2 Å². The molecule has 0 spiro atoms. The van der Waals surface area contributed by atoms with Crippen molar-refractivity contribution >= 4 is 27.5 Å². The van der Waals surface area contributed by atoms with Gasteiger partial charge >= 0.3 is 0 Å². The van der Waals surface area contributed by atoms with E-state index in [2.05, 4.69) is 31.3 Å². The molecule has 4 nitrogen and oxygen atoms in total. The highest BCUT2D eigenvalue weighted by molar-refractivity contribution is 9.10. The van der Waals surface area contributed by atoms with Gasteiger partial charge in [0.25, 0.3) is 0 Å². The fourth-order valence-corrected chi connectivity index (χ4v) is 2.39. The Morgan fingerprint density at radius 1 is 1.33 bits per heavy atom. The van der Waals surface area contributed by atoms with Crippen molar-refractivity contribution in [3.8, 4) is 0 Å². The molecule has 0 saturated carbocycles. The molecule has 0 amide bonds. The minimum atomic E-state index is -0.0726. The second kappa shape index (κ2) is 6.24. The van der Waals surface area contributed by atoms with E-state index >= 15 is 0 Å². The van der Waals surface area contributed by atoms with Crippen LogP contribution < -0.4 is 11.3 Å². The molecule has 0 radical (unpaired) electrons. The molecule has 0 bridgehead atoms. The van der Waals surface area contributed by atoms with Crippen LogP contribution in [0.1, 0.15) is 17.2 Å². The van der Waals surface area contributed by atoms with Gasteiger partial charge in [0.05, 0.1) is 11.1 Å². The molecule has 0 saturated heterocycles. The third-order valence-corrected chi connectivity index (χ3v) is 3.33. The summed E-state index contributed by atoms with van der Waals surface area (Å²) >= 11 is 9.51. The van der Waals surface area contributed by atoms with Gasteiger partial charge in [-0.1, -0.05) is 11.6 Å². The number of nitrogens with zero attached hydrogens (tertiary/aromatic N) is 2. The van der Waals surface area contributed by atoms with Gasteiger partial charge in [-0.15, -0.1) is 0 Å². The van der Waals surface area contributed by atoms with E-state index in [4.69, 9.17) is 17.4 Å². The summed E-state index contributed by atoms with van der Waals surface area (Å²) < 4.78 is 0.941. The number of pyridine rings is 2. The fourth-order valence-electron chi connectivity index (χ4n) is 1.73. The van der Waals surface area contributed by atoms with Crippen molar-refractivity contribution in [2.24, 2.45) is 5.84 Å². The van der Waals surface area contributed by atoms with Gasteiger partial charge in [0.15, 0.2) is 0 Å². The lowest BCUT2D eigenvalue weighted by Crippen LogP contribution is -2.29. The zero-order valence-electron chi connectivity index (χ0n) is 9.48. The van der Waals surface area contributed by atoms with Crippen LogP contribution >= 0.6 is 27.5 Å². The molecule has 2 rings (SSSR count). The summed E-state index contributed by atoms with van der Waals surface area (Å²) in [6.07, 6.45) is 7.57. The lowest BCUT2D eigenvalue weighted by molar-refractivity contribution is 0.550. The van der Waals surface area contributed by atoms with Gasteiger partial charge in [-0.05, 0) is 45.6 Å². The topological polar surface area (TPSA) is 63.8 Å². The Labute approximate surface area is 119 Å². The van der Waals surface area contributed by atoms with Crippen LogP contribution in [0.25, 0.3) is 0 Å². The Bertz CT molecular complexity index is 535. The second-order valence-corrected chi connectivity index (χ2v) is 5.15. The Morgan fingerprint density at radius 2 is 2.17 bits per heavy atom. The minimum Gasteiger partial charge on any atom is -0.271 e. The van der Waals surface area contributed by atoms with Gasteiger partial charge in [0.2, 0.25) is 0 Å². The first-order valence-corrected chi connectivity index (χ1v) is 6.52. The SMILES string of the molecule is NNC(Cc1cncc(Br)c1)c1ccncc1Cl. The molecule has 0 fully saturated rings. The summed E-state index contributed by atoms with van der Waals surface area (Å²) in [6.45, 7) is 0. The smallest absolute Gasteiger partial charge is 0.0637 e. The Hall–Kier alpha value is -1.01. The monoisotopic (exact) mass is 326 g/mol. The minimum absolute atomic E-state index is 0.0726. The van der Waals surface area contributed by atoms with Gasteiger partial charge in [0, 0.05) is 29.3 Å². The van der Waals surface area contributed by atoms with Crippen molar-refractivity contribution in [1.82, 2.24) is 15.4 Å². The van der Waals surface area contributed by atoms with E-state index in [9.17, 15) is 0 Å². The van der Waals surface area contributed by atoms with E-state index in [1.165, 1.54) is 0 Å². The lowest BCUT2D eigenvalue weighted by Gasteiger charge is -2.17. The molecule has 2 aromatic rings. The van der Waals surface area contributed by atoms with Crippen molar-refractivity contribution in [3.05, 3.63) is 57.5 Å². The third-order valence-electron chi connectivity index (χ3n) is 2.58.